The first-order valence-corrected chi connectivity index (χ1v) is 5.62. The molecule has 5 nitrogen and oxygen atoms in total. The average Bonchev–Trinajstić information content (AvgIpc) is 2.22. The van der Waals surface area contributed by atoms with Crippen LogP contribution in [0.3, 0.4) is 0 Å². The Bertz CT molecular complexity index is 228. The number of carbonyl (C=O) groups excluding carboxylic acids is 2. The zero-order valence-electron chi connectivity index (χ0n) is 10.4. The fourth-order valence-corrected chi connectivity index (χ4v) is 1.09. The van der Waals surface area contributed by atoms with Crippen molar-refractivity contribution >= 4 is 12.1 Å². The molecule has 0 aromatic carbocycles. The number of ether oxygens (including phenoxy) is 2. The summed E-state index contributed by atoms with van der Waals surface area (Å²) in [6, 6.07) is -0.649. The zero-order chi connectivity index (χ0) is 12.6. The molecule has 0 aromatic rings. The van der Waals surface area contributed by atoms with E-state index >= 15 is 0 Å². The van der Waals surface area contributed by atoms with Crippen molar-refractivity contribution in [3.05, 3.63) is 0 Å². The first kappa shape index (κ1) is 14.7. The third-order valence-corrected chi connectivity index (χ3v) is 1.92. The van der Waals surface area contributed by atoms with Crippen LogP contribution in [0.1, 0.15) is 34.1 Å². The summed E-state index contributed by atoms with van der Waals surface area (Å²) in [4.78, 5) is 22.8. The van der Waals surface area contributed by atoms with Gasteiger partial charge in [0, 0.05) is 0 Å². The molecule has 94 valence electrons. The minimum absolute atomic E-state index is 0.0340. The fourth-order valence-electron chi connectivity index (χ4n) is 1.09. The molecule has 0 saturated heterocycles. The standard InChI is InChI=1S/C11H21NO4/c1-5-7-16-11(14)12-9(8(3)4)10(13)15-6-2/h8-9H,5-7H2,1-4H3,(H,12,14)/t9-/m0/s1. The molecular weight excluding hydrogens is 210 g/mol. The van der Waals surface area contributed by atoms with Gasteiger partial charge in [-0.05, 0) is 19.3 Å². The molecular formula is C11H21NO4. The van der Waals surface area contributed by atoms with Crippen LogP contribution in [0, 0.1) is 5.92 Å². The number of carbonyl (C=O) groups is 2. The molecule has 0 rings (SSSR count). The van der Waals surface area contributed by atoms with E-state index in [1.54, 1.807) is 6.92 Å². The molecule has 0 bridgehead atoms. The first-order chi connectivity index (χ1) is 7.52. The van der Waals surface area contributed by atoms with Crippen molar-refractivity contribution in [2.75, 3.05) is 13.2 Å². The van der Waals surface area contributed by atoms with Crippen LogP contribution in [0.2, 0.25) is 0 Å². The van der Waals surface area contributed by atoms with Crippen molar-refractivity contribution in [1.29, 1.82) is 0 Å². The van der Waals surface area contributed by atoms with Crippen molar-refractivity contribution in [2.24, 2.45) is 5.92 Å². The van der Waals surface area contributed by atoms with E-state index in [1.807, 2.05) is 20.8 Å². The average molecular weight is 231 g/mol. The van der Waals surface area contributed by atoms with E-state index < -0.39 is 18.1 Å². The Kier molecular flexibility index (Phi) is 7.33. The van der Waals surface area contributed by atoms with Gasteiger partial charge in [0.25, 0.3) is 0 Å². The van der Waals surface area contributed by atoms with Gasteiger partial charge in [-0.25, -0.2) is 9.59 Å². The molecule has 0 radical (unpaired) electrons. The molecule has 0 aliphatic rings. The van der Waals surface area contributed by atoms with Gasteiger partial charge in [-0.2, -0.15) is 0 Å². The number of hydrogen-bond donors (Lipinski definition) is 1. The molecule has 16 heavy (non-hydrogen) atoms. The maximum atomic E-state index is 11.5. The van der Waals surface area contributed by atoms with Gasteiger partial charge < -0.3 is 14.8 Å². The molecule has 0 aliphatic carbocycles. The van der Waals surface area contributed by atoms with E-state index in [-0.39, 0.29) is 5.92 Å². The maximum absolute atomic E-state index is 11.5. The second kappa shape index (κ2) is 7.96. The van der Waals surface area contributed by atoms with Crippen molar-refractivity contribution in [3.8, 4) is 0 Å². The topological polar surface area (TPSA) is 64.6 Å². The molecule has 0 aliphatic heterocycles. The third kappa shape index (κ3) is 5.58. The molecule has 0 aromatic heterocycles. The van der Waals surface area contributed by atoms with E-state index in [0.29, 0.717) is 13.2 Å². The van der Waals surface area contributed by atoms with Gasteiger partial charge in [-0.15, -0.1) is 0 Å². The Morgan fingerprint density at radius 3 is 2.25 bits per heavy atom. The molecule has 1 amide bonds. The fraction of sp³-hybridized carbons (Fsp3) is 0.818. The van der Waals surface area contributed by atoms with Crippen LogP contribution in [-0.2, 0) is 14.3 Å². The normalized spacial score (nSPS) is 12.1. The molecule has 1 N–H and O–H groups in total. The highest BCUT2D eigenvalue weighted by atomic mass is 16.6. The van der Waals surface area contributed by atoms with Crippen LogP contribution in [0.25, 0.3) is 0 Å². The highest BCUT2D eigenvalue weighted by Gasteiger charge is 2.25. The van der Waals surface area contributed by atoms with Crippen LogP contribution in [0.5, 0.6) is 0 Å². The Labute approximate surface area is 96.5 Å². The van der Waals surface area contributed by atoms with Crippen LogP contribution in [0.15, 0.2) is 0 Å². The molecule has 0 heterocycles. The number of nitrogens with one attached hydrogen (secondary N) is 1. The zero-order valence-corrected chi connectivity index (χ0v) is 10.4. The Balaban J connectivity index is 4.22. The Morgan fingerprint density at radius 1 is 1.19 bits per heavy atom. The van der Waals surface area contributed by atoms with E-state index in [0.717, 1.165) is 6.42 Å². The lowest BCUT2D eigenvalue weighted by atomic mass is 10.1. The second-order valence-electron chi connectivity index (χ2n) is 3.75. The lowest BCUT2D eigenvalue weighted by Gasteiger charge is -2.20. The summed E-state index contributed by atoms with van der Waals surface area (Å²) in [6.45, 7) is 7.94. The highest BCUT2D eigenvalue weighted by Crippen LogP contribution is 2.04. The highest BCUT2D eigenvalue weighted by molar-refractivity contribution is 5.81. The molecule has 0 unspecified atom stereocenters. The van der Waals surface area contributed by atoms with Gasteiger partial charge in [-0.3, -0.25) is 0 Å². The van der Waals surface area contributed by atoms with Crippen molar-refractivity contribution in [1.82, 2.24) is 5.32 Å². The summed E-state index contributed by atoms with van der Waals surface area (Å²) < 4.78 is 9.70. The predicted octanol–water partition coefficient (Wildman–Crippen LogP) is 1.71. The minimum atomic E-state index is -0.649. The van der Waals surface area contributed by atoms with Crippen LogP contribution < -0.4 is 5.32 Å². The van der Waals surface area contributed by atoms with Gasteiger partial charge >= 0.3 is 12.1 Å². The van der Waals surface area contributed by atoms with E-state index in [1.165, 1.54) is 0 Å². The quantitative estimate of drug-likeness (QED) is 0.707. The van der Waals surface area contributed by atoms with Crippen molar-refractivity contribution in [3.63, 3.8) is 0 Å². The van der Waals surface area contributed by atoms with E-state index in [4.69, 9.17) is 9.47 Å². The lowest BCUT2D eigenvalue weighted by Crippen LogP contribution is -2.45. The minimum Gasteiger partial charge on any atom is -0.464 e. The van der Waals surface area contributed by atoms with Crippen LogP contribution in [0.4, 0.5) is 4.79 Å². The van der Waals surface area contributed by atoms with Gasteiger partial charge in [0.2, 0.25) is 0 Å². The number of amides is 1. The summed E-state index contributed by atoms with van der Waals surface area (Å²) in [5.74, 6) is -0.459. The van der Waals surface area contributed by atoms with Crippen LogP contribution >= 0.6 is 0 Å². The summed E-state index contributed by atoms with van der Waals surface area (Å²) >= 11 is 0. The number of hydrogen-bond acceptors (Lipinski definition) is 4. The first-order valence-electron chi connectivity index (χ1n) is 5.62. The van der Waals surface area contributed by atoms with Crippen LogP contribution in [-0.4, -0.2) is 31.3 Å². The number of rotatable bonds is 6. The summed E-state index contributed by atoms with van der Waals surface area (Å²) in [6.07, 6.45) is 0.174. The van der Waals surface area contributed by atoms with Gasteiger partial charge in [-0.1, -0.05) is 20.8 Å². The molecule has 0 saturated carbocycles. The summed E-state index contributed by atoms with van der Waals surface area (Å²) in [5, 5.41) is 2.50. The summed E-state index contributed by atoms with van der Waals surface area (Å²) in [5.41, 5.74) is 0. The van der Waals surface area contributed by atoms with Crippen molar-refractivity contribution < 1.29 is 19.1 Å². The SMILES string of the molecule is CCCOC(=O)N[C@H](C(=O)OCC)C(C)C. The number of alkyl carbamates (subject to hydrolysis) is 1. The largest absolute Gasteiger partial charge is 0.464 e. The van der Waals surface area contributed by atoms with E-state index in [2.05, 4.69) is 5.32 Å². The predicted molar refractivity (Wildman–Crippen MR) is 60.0 cm³/mol. The Morgan fingerprint density at radius 2 is 1.81 bits per heavy atom. The van der Waals surface area contributed by atoms with Gasteiger partial charge in [0.15, 0.2) is 0 Å². The molecule has 5 heteroatoms. The summed E-state index contributed by atoms with van der Waals surface area (Å²) in [7, 11) is 0. The third-order valence-electron chi connectivity index (χ3n) is 1.92. The molecule has 0 fully saturated rings. The molecule has 1 atom stereocenters. The monoisotopic (exact) mass is 231 g/mol. The second-order valence-corrected chi connectivity index (χ2v) is 3.75. The lowest BCUT2D eigenvalue weighted by molar-refractivity contribution is -0.146. The van der Waals surface area contributed by atoms with Gasteiger partial charge in [0.1, 0.15) is 6.04 Å². The smallest absolute Gasteiger partial charge is 0.407 e. The van der Waals surface area contributed by atoms with E-state index in [9.17, 15) is 9.59 Å². The maximum Gasteiger partial charge on any atom is 0.407 e. The van der Waals surface area contributed by atoms with Crippen molar-refractivity contribution in [2.45, 2.75) is 40.2 Å². The molecule has 0 spiro atoms. The van der Waals surface area contributed by atoms with Gasteiger partial charge in [0.05, 0.1) is 13.2 Å². The Hall–Kier alpha value is -1.26. The number of esters is 1.